The van der Waals surface area contributed by atoms with Gasteiger partial charge in [0, 0.05) is 6.07 Å². The van der Waals surface area contributed by atoms with Gasteiger partial charge in [-0.1, -0.05) is 13.3 Å². The van der Waals surface area contributed by atoms with Gasteiger partial charge in [-0.3, -0.25) is 10.6 Å². The number of pyridine rings is 1. The number of aromatic nitrogens is 1. The summed E-state index contributed by atoms with van der Waals surface area (Å²) < 4.78 is 15.1. The van der Waals surface area contributed by atoms with Crippen LogP contribution in [0, 0.1) is 0 Å². The average Bonchev–Trinajstić information content (AvgIpc) is 2.64. The number of rotatable bonds is 8. The van der Waals surface area contributed by atoms with Crippen molar-refractivity contribution in [1.82, 2.24) is 15.6 Å². The fourth-order valence-corrected chi connectivity index (χ4v) is 2.22. The van der Waals surface area contributed by atoms with Crippen molar-refractivity contribution in [1.29, 1.82) is 0 Å². The second-order valence-corrected chi connectivity index (χ2v) is 6.16. The number of nitrogens with zero attached hydrogens (tertiary/aromatic N) is 1. The molecule has 12 heteroatoms. The normalized spacial score (nSPS) is 9.76. The van der Waals surface area contributed by atoms with Gasteiger partial charge in [-0.15, -0.1) is 0 Å². The van der Waals surface area contributed by atoms with Crippen LogP contribution < -0.4 is 26.0 Å². The molecule has 0 unspecified atom stereocenters. The smallest absolute Gasteiger partial charge is 0.413 e. The summed E-state index contributed by atoms with van der Waals surface area (Å²) in [6.07, 6.45) is 0.466. The van der Waals surface area contributed by atoms with Gasteiger partial charge in [0.2, 0.25) is 5.88 Å². The van der Waals surface area contributed by atoms with Crippen molar-refractivity contribution < 1.29 is 23.8 Å². The largest absolute Gasteiger partial charge is 0.478 e. The van der Waals surface area contributed by atoms with Crippen molar-refractivity contribution in [2.45, 2.75) is 33.6 Å². The number of anilines is 2. The average molecular weight is 444 g/mol. The van der Waals surface area contributed by atoms with Gasteiger partial charge in [0.15, 0.2) is 16.0 Å². The molecule has 1 rings (SSSR count). The van der Waals surface area contributed by atoms with E-state index in [4.69, 9.17) is 38.6 Å². The first-order valence-electron chi connectivity index (χ1n) is 9.02. The molecule has 0 bridgehead atoms. The SMILES string of the molecule is CCCCOc1ccc(NC(=S)NC(=O)OCC)c(NC(=S)NC(=O)OCC)n1. The third-order valence-corrected chi connectivity index (χ3v) is 3.49. The van der Waals surface area contributed by atoms with Gasteiger partial charge in [-0.25, -0.2) is 9.59 Å². The molecule has 1 aromatic heterocycles. The van der Waals surface area contributed by atoms with Crippen LogP contribution in [0.4, 0.5) is 21.1 Å². The molecule has 0 saturated carbocycles. The van der Waals surface area contributed by atoms with E-state index < -0.39 is 12.2 Å². The van der Waals surface area contributed by atoms with Gasteiger partial charge in [0.05, 0.1) is 25.5 Å². The maximum Gasteiger partial charge on any atom is 0.413 e. The highest BCUT2D eigenvalue weighted by Gasteiger charge is 2.13. The Hall–Kier alpha value is -2.73. The first-order chi connectivity index (χ1) is 13.9. The van der Waals surface area contributed by atoms with Gasteiger partial charge in [-0.2, -0.15) is 4.98 Å². The zero-order valence-corrected chi connectivity index (χ0v) is 18.1. The van der Waals surface area contributed by atoms with E-state index in [1.165, 1.54) is 0 Å². The fraction of sp³-hybridized carbons (Fsp3) is 0.471. The monoisotopic (exact) mass is 443 g/mol. The quantitative estimate of drug-likeness (QED) is 0.352. The molecule has 0 aromatic carbocycles. The Labute approximate surface area is 180 Å². The molecule has 0 fully saturated rings. The molecule has 10 nitrogen and oxygen atoms in total. The third kappa shape index (κ3) is 9.85. The number of amides is 2. The van der Waals surface area contributed by atoms with Crippen LogP contribution in [0.15, 0.2) is 12.1 Å². The van der Waals surface area contributed by atoms with Gasteiger partial charge in [0.1, 0.15) is 0 Å². The van der Waals surface area contributed by atoms with Crippen LogP contribution in [-0.4, -0.2) is 47.2 Å². The summed E-state index contributed by atoms with van der Waals surface area (Å²) in [6, 6.07) is 3.28. The summed E-state index contributed by atoms with van der Waals surface area (Å²) in [6.45, 7) is 6.32. The molecule has 0 aliphatic carbocycles. The van der Waals surface area contributed by atoms with Crippen molar-refractivity contribution in [3.8, 4) is 5.88 Å². The molecule has 0 aliphatic rings. The second-order valence-electron chi connectivity index (χ2n) is 5.35. The Morgan fingerprint density at radius 1 is 0.966 bits per heavy atom. The van der Waals surface area contributed by atoms with Crippen molar-refractivity contribution >= 4 is 58.4 Å². The number of carbonyl (C=O) groups is 2. The van der Waals surface area contributed by atoms with Gasteiger partial charge in [0.25, 0.3) is 0 Å². The highest BCUT2D eigenvalue weighted by molar-refractivity contribution is 7.80. The Bertz CT molecular complexity index is 732. The van der Waals surface area contributed by atoms with Crippen LogP contribution in [0.5, 0.6) is 5.88 Å². The lowest BCUT2D eigenvalue weighted by Crippen LogP contribution is -2.36. The standard InChI is InChI=1S/C17H25N5O5S2/c1-4-7-10-27-12-9-8-11(18-14(28)21-16(23)25-5-2)13(19-12)20-15(29)22-17(24)26-6-3/h8-9H,4-7,10H2,1-3H3,(H2,18,21,23,28)(H2,19,20,22,24,29). The van der Waals surface area contributed by atoms with Crippen molar-refractivity contribution in [2.75, 3.05) is 30.5 Å². The highest BCUT2D eigenvalue weighted by Crippen LogP contribution is 2.23. The van der Waals surface area contributed by atoms with Crippen LogP contribution in [0.2, 0.25) is 0 Å². The topological polar surface area (TPSA) is 123 Å². The molecular formula is C17H25N5O5S2. The molecule has 0 spiro atoms. The first-order valence-corrected chi connectivity index (χ1v) is 9.84. The number of ether oxygens (including phenoxy) is 3. The number of unbranched alkanes of at least 4 members (excludes halogenated alkanes) is 1. The lowest BCUT2D eigenvalue weighted by molar-refractivity contribution is 0.157. The summed E-state index contributed by atoms with van der Waals surface area (Å²) in [5.41, 5.74) is 0.391. The lowest BCUT2D eigenvalue weighted by atomic mass is 10.3. The lowest BCUT2D eigenvalue weighted by Gasteiger charge is -2.16. The second kappa shape index (κ2) is 13.4. The maximum absolute atomic E-state index is 11.5. The molecule has 0 atom stereocenters. The first kappa shape index (κ1) is 24.3. The zero-order valence-electron chi connectivity index (χ0n) is 16.5. The molecule has 0 aliphatic heterocycles. The minimum Gasteiger partial charge on any atom is -0.478 e. The van der Waals surface area contributed by atoms with Crippen LogP contribution in [0.3, 0.4) is 0 Å². The van der Waals surface area contributed by atoms with Crippen LogP contribution in [0.25, 0.3) is 0 Å². The van der Waals surface area contributed by atoms with Gasteiger partial charge < -0.3 is 24.8 Å². The number of hydrogen-bond acceptors (Lipinski definition) is 8. The minimum absolute atomic E-state index is 0.00257. The van der Waals surface area contributed by atoms with Gasteiger partial charge >= 0.3 is 12.2 Å². The molecule has 2 amide bonds. The Balaban J connectivity index is 2.91. The summed E-state index contributed by atoms with van der Waals surface area (Å²) in [5.74, 6) is 0.587. The van der Waals surface area contributed by atoms with E-state index in [2.05, 4.69) is 26.3 Å². The predicted octanol–water partition coefficient (Wildman–Crippen LogP) is 3.15. The minimum atomic E-state index is -0.700. The molecular weight excluding hydrogens is 418 g/mol. The fourth-order valence-electron chi connectivity index (χ4n) is 1.85. The third-order valence-electron chi connectivity index (χ3n) is 3.08. The highest BCUT2D eigenvalue weighted by atomic mass is 32.1. The molecule has 160 valence electrons. The number of thiocarbonyl (C=S) groups is 2. The molecule has 0 radical (unpaired) electrons. The predicted molar refractivity (Wildman–Crippen MR) is 117 cm³/mol. The number of nitrogens with one attached hydrogen (secondary N) is 4. The Morgan fingerprint density at radius 3 is 2.10 bits per heavy atom. The van der Waals surface area contributed by atoms with Gasteiger partial charge in [-0.05, 0) is 50.8 Å². The van der Waals surface area contributed by atoms with E-state index in [1.54, 1.807) is 26.0 Å². The van der Waals surface area contributed by atoms with Crippen LogP contribution in [-0.2, 0) is 9.47 Å². The molecule has 4 N–H and O–H groups in total. The zero-order chi connectivity index (χ0) is 21.6. The van der Waals surface area contributed by atoms with E-state index >= 15 is 0 Å². The van der Waals surface area contributed by atoms with Crippen molar-refractivity contribution in [2.24, 2.45) is 0 Å². The number of hydrogen-bond donors (Lipinski definition) is 4. The van der Waals surface area contributed by atoms with E-state index in [1.807, 2.05) is 6.92 Å². The summed E-state index contributed by atoms with van der Waals surface area (Å²) in [4.78, 5) is 27.3. The van der Waals surface area contributed by atoms with Crippen LogP contribution in [0.1, 0.15) is 33.6 Å². The molecule has 0 saturated heterocycles. The van der Waals surface area contributed by atoms with E-state index in [-0.39, 0.29) is 29.3 Å². The van der Waals surface area contributed by atoms with E-state index in [0.717, 1.165) is 12.8 Å². The summed E-state index contributed by atoms with van der Waals surface area (Å²) in [7, 11) is 0. The molecule has 29 heavy (non-hydrogen) atoms. The van der Waals surface area contributed by atoms with Crippen LogP contribution >= 0.6 is 24.4 Å². The summed E-state index contributed by atoms with van der Waals surface area (Å²) in [5, 5.41) is 10.3. The Morgan fingerprint density at radius 2 is 1.55 bits per heavy atom. The summed E-state index contributed by atoms with van der Waals surface area (Å²) >= 11 is 10.2. The number of alkyl carbamates (subject to hydrolysis) is 2. The van der Waals surface area contributed by atoms with Crippen molar-refractivity contribution in [3.05, 3.63) is 12.1 Å². The van der Waals surface area contributed by atoms with E-state index in [9.17, 15) is 9.59 Å². The Kier molecular flexibility index (Phi) is 11.3. The van der Waals surface area contributed by atoms with E-state index in [0.29, 0.717) is 18.2 Å². The maximum atomic E-state index is 11.5. The number of carbonyl (C=O) groups excluding carboxylic acids is 2. The molecule has 1 aromatic rings. The molecule has 1 heterocycles. The van der Waals surface area contributed by atoms with Crippen molar-refractivity contribution in [3.63, 3.8) is 0 Å².